The second kappa shape index (κ2) is 8.97. The lowest BCUT2D eigenvalue weighted by Crippen LogP contribution is -2.35. The fourth-order valence-corrected chi connectivity index (χ4v) is 2.43. The van der Waals surface area contributed by atoms with E-state index in [4.69, 9.17) is 9.84 Å². The Morgan fingerprint density at radius 3 is 2.31 bits per heavy atom. The van der Waals surface area contributed by atoms with Crippen molar-refractivity contribution in [1.29, 1.82) is 0 Å². The molecule has 1 fully saturated rings. The molecule has 0 amide bonds. The number of aliphatic hydroxyl groups excluding tert-OH is 1. The van der Waals surface area contributed by atoms with Crippen LogP contribution in [0.1, 0.15) is 44.9 Å². The van der Waals surface area contributed by atoms with Gasteiger partial charge in [-0.25, -0.2) is 0 Å². The molecule has 1 rings (SSSR count). The molecule has 16 heavy (non-hydrogen) atoms. The second-order valence-electron chi connectivity index (χ2n) is 4.82. The maximum atomic E-state index is 8.61. The highest BCUT2D eigenvalue weighted by atomic mass is 16.5. The first-order valence-corrected chi connectivity index (χ1v) is 6.73. The third kappa shape index (κ3) is 5.83. The van der Waals surface area contributed by atoms with Crippen molar-refractivity contribution < 1.29 is 9.84 Å². The van der Waals surface area contributed by atoms with Crippen molar-refractivity contribution in [3.8, 4) is 0 Å². The van der Waals surface area contributed by atoms with Gasteiger partial charge in [0.1, 0.15) is 0 Å². The van der Waals surface area contributed by atoms with Gasteiger partial charge in [-0.2, -0.15) is 0 Å². The molecule has 1 N–H and O–H groups in total. The zero-order chi connectivity index (χ0) is 11.6. The average molecular weight is 229 g/mol. The lowest BCUT2D eigenvalue weighted by molar-refractivity contribution is 0.0671. The quantitative estimate of drug-likeness (QED) is 0.708. The van der Waals surface area contributed by atoms with E-state index in [-0.39, 0.29) is 6.61 Å². The fourth-order valence-electron chi connectivity index (χ4n) is 2.43. The highest BCUT2D eigenvalue weighted by Crippen LogP contribution is 2.20. The third-order valence-corrected chi connectivity index (χ3v) is 3.52. The lowest BCUT2D eigenvalue weighted by Gasteiger charge is -2.29. The van der Waals surface area contributed by atoms with E-state index in [1.807, 2.05) is 0 Å². The molecule has 1 saturated carbocycles. The van der Waals surface area contributed by atoms with Gasteiger partial charge in [-0.1, -0.05) is 32.1 Å². The van der Waals surface area contributed by atoms with Crippen LogP contribution in [-0.4, -0.2) is 49.5 Å². The topological polar surface area (TPSA) is 32.7 Å². The fraction of sp³-hybridized carbons (Fsp3) is 1.00. The Morgan fingerprint density at radius 1 is 1.06 bits per heavy atom. The van der Waals surface area contributed by atoms with Gasteiger partial charge in [0.25, 0.3) is 0 Å². The predicted molar refractivity (Wildman–Crippen MR) is 66.6 cm³/mol. The molecule has 0 aromatic rings. The molecule has 0 saturated heterocycles. The van der Waals surface area contributed by atoms with Gasteiger partial charge in [0.15, 0.2) is 0 Å². The second-order valence-corrected chi connectivity index (χ2v) is 4.82. The van der Waals surface area contributed by atoms with E-state index in [2.05, 4.69) is 11.9 Å². The van der Waals surface area contributed by atoms with Crippen molar-refractivity contribution in [3.63, 3.8) is 0 Å². The van der Waals surface area contributed by atoms with E-state index in [0.29, 0.717) is 6.61 Å². The van der Waals surface area contributed by atoms with Gasteiger partial charge in [-0.05, 0) is 19.9 Å². The number of ether oxygens (including phenoxy) is 1. The molecule has 0 radical (unpaired) electrons. The van der Waals surface area contributed by atoms with E-state index < -0.39 is 0 Å². The number of likely N-dealkylation sites (N-methyl/N-ethyl adjacent to an activating group) is 1. The van der Waals surface area contributed by atoms with E-state index in [9.17, 15) is 0 Å². The highest BCUT2D eigenvalue weighted by Gasteiger charge is 2.15. The van der Waals surface area contributed by atoms with Crippen LogP contribution in [0.4, 0.5) is 0 Å². The molecule has 1 aliphatic rings. The van der Waals surface area contributed by atoms with E-state index in [1.165, 1.54) is 44.9 Å². The molecular formula is C13H27NO2. The van der Waals surface area contributed by atoms with Crippen LogP contribution < -0.4 is 0 Å². The number of aliphatic hydroxyl groups is 1. The van der Waals surface area contributed by atoms with Crippen molar-refractivity contribution in [2.24, 2.45) is 0 Å². The first kappa shape index (κ1) is 13.9. The van der Waals surface area contributed by atoms with Gasteiger partial charge in [0.05, 0.1) is 19.8 Å². The van der Waals surface area contributed by atoms with Crippen LogP contribution in [0, 0.1) is 0 Å². The molecule has 0 aromatic carbocycles. The van der Waals surface area contributed by atoms with Crippen molar-refractivity contribution in [2.45, 2.75) is 51.0 Å². The van der Waals surface area contributed by atoms with Crippen LogP contribution in [0.3, 0.4) is 0 Å². The van der Waals surface area contributed by atoms with Gasteiger partial charge < -0.3 is 14.7 Å². The molecule has 0 spiro atoms. The van der Waals surface area contributed by atoms with Gasteiger partial charge in [-0.15, -0.1) is 0 Å². The van der Waals surface area contributed by atoms with E-state index in [1.54, 1.807) is 0 Å². The summed E-state index contributed by atoms with van der Waals surface area (Å²) >= 11 is 0. The number of hydrogen-bond donors (Lipinski definition) is 1. The summed E-state index contributed by atoms with van der Waals surface area (Å²) < 4.78 is 5.31. The van der Waals surface area contributed by atoms with Crippen LogP contribution in [-0.2, 0) is 4.74 Å². The van der Waals surface area contributed by atoms with Gasteiger partial charge >= 0.3 is 0 Å². The molecule has 0 bridgehead atoms. The number of nitrogens with zero attached hydrogens (tertiary/aromatic N) is 1. The standard InChI is InChI=1S/C13H27NO2/c1-14(9-11-16-12-10-15)13-7-5-3-2-4-6-8-13/h13,15H,2-12H2,1H3. The minimum absolute atomic E-state index is 0.132. The van der Waals surface area contributed by atoms with Crippen LogP contribution in [0.2, 0.25) is 0 Å². The molecule has 0 heterocycles. The Bertz CT molecular complexity index is 156. The Morgan fingerprint density at radius 2 is 1.69 bits per heavy atom. The van der Waals surface area contributed by atoms with Crippen molar-refractivity contribution in [2.75, 3.05) is 33.4 Å². The van der Waals surface area contributed by atoms with Crippen LogP contribution in [0.15, 0.2) is 0 Å². The summed E-state index contributed by atoms with van der Waals surface area (Å²) in [4.78, 5) is 2.43. The molecule has 96 valence electrons. The van der Waals surface area contributed by atoms with Crippen LogP contribution in [0.25, 0.3) is 0 Å². The monoisotopic (exact) mass is 229 g/mol. The normalized spacial score (nSPS) is 19.7. The molecule has 3 heteroatoms. The predicted octanol–water partition coefficient (Wildman–Crippen LogP) is 2.04. The van der Waals surface area contributed by atoms with Crippen LogP contribution >= 0.6 is 0 Å². The molecule has 0 aromatic heterocycles. The maximum Gasteiger partial charge on any atom is 0.0698 e. The largest absolute Gasteiger partial charge is 0.394 e. The summed E-state index contributed by atoms with van der Waals surface area (Å²) in [6.07, 6.45) is 9.69. The summed E-state index contributed by atoms with van der Waals surface area (Å²) in [7, 11) is 2.20. The number of rotatable bonds is 6. The SMILES string of the molecule is CN(CCOCCO)C1CCCCCCC1. The van der Waals surface area contributed by atoms with Crippen molar-refractivity contribution in [1.82, 2.24) is 4.90 Å². The Kier molecular flexibility index (Phi) is 7.81. The molecule has 0 atom stereocenters. The Balaban J connectivity index is 2.14. The number of hydrogen-bond acceptors (Lipinski definition) is 3. The highest BCUT2D eigenvalue weighted by molar-refractivity contribution is 4.71. The molecule has 3 nitrogen and oxygen atoms in total. The summed E-state index contributed by atoms with van der Waals surface area (Å²) in [5.74, 6) is 0. The third-order valence-electron chi connectivity index (χ3n) is 3.52. The zero-order valence-corrected chi connectivity index (χ0v) is 10.7. The summed E-state index contributed by atoms with van der Waals surface area (Å²) in [5.41, 5.74) is 0. The Hall–Kier alpha value is -0.120. The molecule has 1 aliphatic carbocycles. The minimum Gasteiger partial charge on any atom is -0.394 e. The summed E-state index contributed by atoms with van der Waals surface area (Å²) in [6.45, 7) is 2.34. The van der Waals surface area contributed by atoms with Crippen LogP contribution in [0.5, 0.6) is 0 Å². The molecular weight excluding hydrogens is 202 g/mol. The van der Waals surface area contributed by atoms with Crippen molar-refractivity contribution in [3.05, 3.63) is 0 Å². The summed E-state index contributed by atoms with van der Waals surface area (Å²) in [6, 6.07) is 0.748. The first-order chi connectivity index (χ1) is 7.84. The first-order valence-electron chi connectivity index (χ1n) is 6.73. The zero-order valence-electron chi connectivity index (χ0n) is 10.7. The smallest absolute Gasteiger partial charge is 0.0698 e. The Labute approximate surface area is 99.8 Å². The van der Waals surface area contributed by atoms with E-state index in [0.717, 1.165) is 19.2 Å². The van der Waals surface area contributed by atoms with Crippen molar-refractivity contribution >= 4 is 0 Å². The van der Waals surface area contributed by atoms with E-state index >= 15 is 0 Å². The summed E-state index contributed by atoms with van der Waals surface area (Å²) in [5, 5.41) is 8.61. The minimum atomic E-state index is 0.132. The maximum absolute atomic E-state index is 8.61. The lowest BCUT2D eigenvalue weighted by atomic mass is 9.96. The molecule has 0 aliphatic heterocycles. The molecule has 0 unspecified atom stereocenters. The van der Waals surface area contributed by atoms with Gasteiger partial charge in [-0.3, -0.25) is 0 Å². The average Bonchev–Trinajstić information content (AvgIpc) is 2.23. The van der Waals surface area contributed by atoms with Gasteiger partial charge in [0, 0.05) is 12.6 Å². The van der Waals surface area contributed by atoms with Gasteiger partial charge in [0.2, 0.25) is 0 Å².